The van der Waals surface area contributed by atoms with Crippen molar-refractivity contribution in [2.45, 2.75) is 19.5 Å². The van der Waals surface area contributed by atoms with Crippen LogP contribution in [0, 0.1) is 4.77 Å². The number of carbonyl (C=O) groups excluding carboxylic acids is 2. The van der Waals surface area contributed by atoms with Crippen LogP contribution in [-0.2, 0) is 11.3 Å². The van der Waals surface area contributed by atoms with Crippen LogP contribution in [0.5, 0.6) is 0 Å². The summed E-state index contributed by atoms with van der Waals surface area (Å²) in [7, 11) is 0. The van der Waals surface area contributed by atoms with Gasteiger partial charge in [-0.1, -0.05) is 18.2 Å². The van der Waals surface area contributed by atoms with Crippen LogP contribution in [0.25, 0.3) is 10.7 Å². The average molecular weight is 454 g/mol. The molecule has 0 aliphatic carbocycles. The molecule has 3 aromatic heterocycles. The molecule has 4 aromatic rings. The summed E-state index contributed by atoms with van der Waals surface area (Å²) in [5, 5.41) is 14.7. The summed E-state index contributed by atoms with van der Waals surface area (Å²) < 4.78 is 7.18. The Morgan fingerprint density at radius 3 is 2.71 bits per heavy atom. The Hall–Kier alpha value is -3.50. The lowest BCUT2D eigenvalue weighted by molar-refractivity contribution is -0.124. The summed E-state index contributed by atoms with van der Waals surface area (Å²) in [6.07, 6.45) is 1.45. The molecule has 1 aromatic carbocycles. The van der Waals surface area contributed by atoms with E-state index in [0.29, 0.717) is 22.8 Å². The first kappa shape index (κ1) is 20.8. The van der Waals surface area contributed by atoms with Crippen molar-refractivity contribution >= 4 is 41.1 Å². The Kier molecular flexibility index (Phi) is 6.10. The molecule has 10 heteroatoms. The van der Waals surface area contributed by atoms with Gasteiger partial charge in [0.1, 0.15) is 6.04 Å². The molecular formula is C21H19N5O3S2. The number of aromatic nitrogens is 3. The van der Waals surface area contributed by atoms with Gasteiger partial charge in [0.2, 0.25) is 5.91 Å². The van der Waals surface area contributed by atoms with Gasteiger partial charge in [0.15, 0.2) is 16.4 Å². The van der Waals surface area contributed by atoms with Crippen molar-refractivity contribution in [3.05, 3.63) is 76.3 Å². The van der Waals surface area contributed by atoms with E-state index in [1.54, 1.807) is 35.8 Å². The number of nitrogens with zero attached hydrogens (tertiary/aromatic N) is 2. The largest absolute Gasteiger partial charge is 0.459 e. The smallest absolute Gasteiger partial charge is 0.291 e. The van der Waals surface area contributed by atoms with Gasteiger partial charge in [0.25, 0.3) is 5.91 Å². The van der Waals surface area contributed by atoms with Gasteiger partial charge in [-0.25, -0.2) is 0 Å². The standard InChI is InChI=1S/C21H19N5O3S2/c1-13(26-18(24-25-21(26)30)17-5-3-11-31-17)19(27)22-12-14-6-8-15(9-7-14)23-20(28)16-4-2-10-29-16/h2-11,13H,12H2,1H3,(H,22,27)(H,23,28)(H,25,30). The third-order valence-electron chi connectivity index (χ3n) is 4.64. The lowest BCUT2D eigenvalue weighted by Gasteiger charge is -2.15. The second-order valence-electron chi connectivity index (χ2n) is 6.72. The summed E-state index contributed by atoms with van der Waals surface area (Å²) in [5.74, 6) is 0.383. The monoisotopic (exact) mass is 453 g/mol. The number of H-pyrrole nitrogens is 1. The molecule has 3 heterocycles. The second kappa shape index (κ2) is 9.11. The van der Waals surface area contributed by atoms with Gasteiger partial charge in [-0.2, -0.15) is 5.10 Å². The number of aromatic amines is 1. The van der Waals surface area contributed by atoms with Crippen molar-refractivity contribution in [1.82, 2.24) is 20.1 Å². The van der Waals surface area contributed by atoms with Gasteiger partial charge < -0.3 is 15.1 Å². The summed E-state index contributed by atoms with van der Waals surface area (Å²) in [6, 6.07) is 13.8. The Bertz CT molecular complexity index is 1230. The predicted octanol–water partition coefficient (Wildman–Crippen LogP) is 4.39. The summed E-state index contributed by atoms with van der Waals surface area (Å²) >= 11 is 6.86. The highest BCUT2D eigenvalue weighted by Gasteiger charge is 2.21. The van der Waals surface area contributed by atoms with Crippen LogP contribution < -0.4 is 10.6 Å². The Balaban J connectivity index is 1.37. The van der Waals surface area contributed by atoms with Crippen molar-refractivity contribution in [3.63, 3.8) is 0 Å². The van der Waals surface area contributed by atoms with Crippen LogP contribution in [0.2, 0.25) is 0 Å². The number of amides is 2. The fourth-order valence-corrected chi connectivity index (χ4v) is 4.00. The van der Waals surface area contributed by atoms with E-state index in [9.17, 15) is 9.59 Å². The van der Waals surface area contributed by atoms with E-state index in [0.717, 1.165) is 10.4 Å². The maximum Gasteiger partial charge on any atom is 0.291 e. The van der Waals surface area contributed by atoms with E-state index in [4.69, 9.17) is 16.6 Å². The van der Waals surface area contributed by atoms with E-state index in [-0.39, 0.29) is 17.6 Å². The van der Waals surface area contributed by atoms with E-state index in [1.165, 1.54) is 17.6 Å². The molecule has 158 valence electrons. The quantitative estimate of drug-likeness (QED) is 0.360. The third-order valence-corrected chi connectivity index (χ3v) is 5.79. The van der Waals surface area contributed by atoms with Crippen molar-refractivity contribution in [1.29, 1.82) is 0 Å². The van der Waals surface area contributed by atoms with E-state index < -0.39 is 6.04 Å². The molecule has 2 amide bonds. The van der Waals surface area contributed by atoms with Crippen molar-refractivity contribution < 1.29 is 14.0 Å². The highest BCUT2D eigenvalue weighted by molar-refractivity contribution is 7.71. The number of benzene rings is 1. The fraction of sp³-hybridized carbons (Fsp3) is 0.143. The van der Waals surface area contributed by atoms with Crippen LogP contribution >= 0.6 is 23.6 Å². The SMILES string of the molecule is CC(C(=O)NCc1ccc(NC(=O)c2ccco2)cc1)n1c(-c2cccs2)n[nH]c1=S. The van der Waals surface area contributed by atoms with Gasteiger partial charge in [-0.15, -0.1) is 11.3 Å². The molecule has 0 fully saturated rings. The number of anilines is 1. The third kappa shape index (κ3) is 4.65. The first-order valence-electron chi connectivity index (χ1n) is 9.45. The molecule has 1 atom stereocenters. The Labute approximate surface area is 186 Å². The first-order valence-corrected chi connectivity index (χ1v) is 10.7. The molecule has 3 N–H and O–H groups in total. The minimum atomic E-state index is -0.532. The van der Waals surface area contributed by atoms with E-state index in [2.05, 4.69) is 20.8 Å². The summed E-state index contributed by atoms with van der Waals surface area (Å²) in [4.78, 5) is 25.7. The van der Waals surface area contributed by atoms with E-state index in [1.807, 2.05) is 29.6 Å². The van der Waals surface area contributed by atoms with Gasteiger partial charge in [-0.05, 0) is 60.4 Å². The zero-order valence-electron chi connectivity index (χ0n) is 16.5. The highest BCUT2D eigenvalue weighted by atomic mass is 32.1. The minimum absolute atomic E-state index is 0.175. The van der Waals surface area contributed by atoms with Gasteiger partial charge in [-0.3, -0.25) is 19.3 Å². The molecule has 0 saturated carbocycles. The van der Waals surface area contributed by atoms with Crippen LogP contribution in [0.15, 0.2) is 64.6 Å². The highest BCUT2D eigenvalue weighted by Crippen LogP contribution is 2.25. The van der Waals surface area contributed by atoms with Crippen LogP contribution in [-0.4, -0.2) is 26.6 Å². The zero-order chi connectivity index (χ0) is 21.8. The van der Waals surface area contributed by atoms with Crippen molar-refractivity contribution in [3.8, 4) is 10.7 Å². The Morgan fingerprint density at radius 1 is 1.23 bits per heavy atom. The summed E-state index contributed by atoms with van der Waals surface area (Å²) in [5.41, 5.74) is 1.53. The number of rotatable bonds is 7. The van der Waals surface area contributed by atoms with Crippen molar-refractivity contribution in [2.24, 2.45) is 0 Å². The molecular weight excluding hydrogens is 434 g/mol. The van der Waals surface area contributed by atoms with Gasteiger partial charge in [0.05, 0.1) is 11.1 Å². The Morgan fingerprint density at radius 2 is 2.03 bits per heavy atom. The molecule has 0 saturated heterocycles. The molecule has 8 nitrogen and oxygen atoms in total. The lowest BCUT2D eigenvalue weighted by Crippen LogP contribution is -2.31. The number of thiophene rings is 1. The van der Waals surface area contributed by atoms with Crippen LogP contribution in [0.3, 0.4) is 0 Å². The fourth-order valence-electron chi connectivity index (χ4n) is 3.00. The number of hydrogen-bond acceptors (Lipinski definition) is 6. The maximum atomic E-state index is 12.7. The zero-order valence-corrected chi connectivity index (χ0v) is 18.1. The maximum absolute atomic E-state index is 12.7. The average Bonchev–Trinajstić information content (AvgIpc) is 3.54. The van der Waals surface area contributed by atoms with Crippen LogP contribution in [0.4, 0.5) is 5.69 Å². The lowest BCUT2D eigenvalue weighted by atomic mass is 10.2. The second-order valence-corrected chi connectivity index (χ2v) is 8.06. The topological polar surface area (TPSA) is 105 Å². The molecule has 0 spiro atoms. The van der Waals surface area contributed by atoms with Crippen molar-refractivity contribution in [2.75, 3.05) is 5.32 Å². The number of furan rings is 1. The predicted molar refractivity (Wildman–Crippen MR) is 120 cm³/mol. The molecule has 0 aliphatic heterocycles. The molecule has 4 rings (SSSR count). The number of carbonyl (C=O) groups is 2. The number of hydrogen-bond donors (Lipinski definition) is 3. The van der Waals surface area contributed by atoms with Gasteiger partial charge >= 0.3 is 0 Å². The molecule has 0 bridgehead atoms. The minimum Gasteiger partial charge on any atom is -0.459 e. The molecule has 0 radical (unpaired) electrons. The first-order chi connectivity index (χ1) is 15.0. The molecule has 0 aliphatic rings. The normalized spacial score (nSPS) is 11.8. The number of nitrogens with one attached hydrogen (secondary N) is 3. The molecule has 1 unspecified atom stereocenters. The van der Waals surface area contributed by atoms with Gasteiger partial charge in [0, 0.05) is 12.2 Å². The van der Waals surface area contributed by atoms with Crippen LogP contribution in [0.1, 0.15) is 29.1 Å². The molecule has 31 heavy (non-hydrogen) atoms. The summed E-state index contributed by atoms with van der Waals surface area (Å²) in [6.45, 7) is 2.13. The van der Waals surface area contributed by atoms with E-state index >= 15 is 0 Å².